The van der Waals surface area contributed by atoms with Crippen molar-refractivity contribution in [1.29, 1.82) is 0 Å². The zero-order valence-corrected chi connectivity index (χ0v) is 17.9. The van der Waals surface area contributed by atoms with Crippen LogP contribution in [0.2, 0.25) is 5.02 Å². The Balaban J connectivity index is 2.03. The minimum atomic E-state index is -1.03. The number of rotatable bonds is 8. The lowest BCUT2D eigenvalue weighted by Gasteiger charge is -2.37. The van der Waals surface area contributed by atoms with Gasteiger partial charge in [0.25, 0.3) is 5.78 Å². The third-order valence-electron chi connectivity index (χ3n) is 4.74. The molecule has 0 aromatic heterocycles. The van der Waals surface area contributed by atoms with Crippen molar-refractivity contribution in [1.82, 2.24) is 9.80 Å². The van der Waals surface area contributed by atoms with Gasteiger partial charge in [0, 0.05) is 18.1 Å². The number of aromatic hydroxyl groups is 1. The molecule has 1 heterocycles. The van der Waals surface area contributed by atoms with Crippen LogP contribution < -0.4 is 0 Å². The number of aliphatic imine (C=N–C) groups is 2. The molecular formula is C22H21ClN4O5. The van der Waals surface area contributed by atoms with Crippen LogP contribution in [0.15, 0.2) is 58.5 Å². The fourth-order valence-electron chi connectivity index (χ4n) is 3.06. The number of guanidine groups is 1. The van der Waals surface area contributed by atoms with E-state index in [9.17, 15) is 24.6 Å². The minimum Gasteiger partial charge on any atom is -0.508 e. The molecule has 1 unspecified atom stereocenters. The number of benzene rings is 2. The third kappa shape index (κ3) is 5.70. The van der Waals surface area contributed by atoms with E-state index < -0.39 is 17.7 Å². The molecule has 3 rings (SSSR count). The summed E-state index contributed by atoms with van der Waals surface area (Å²) in [4.78, 5) is 46.8. The van der Waals surface area contributed by atoms with Gasteiger partial charge in [-0.15, -0.1) is 0 Å². The van der Waals surface area contributed by atoms with E-state index in [4.69, 9.17) is 11.6 Å². The molecule has 0 radical (unpaired) electrons. The summed E-state index contributed by atoms with van der Waals surface area (Å²) < 4.78 is 0. The maximum absolute atomic E-state index is 12.3. The number of amidine groups is 1. The molecule has 2 N–H and O–H groups in total. The first-order valence-electron chi connectivity index (χ1n) is 9.70. The van der Waals surface area contributed by atoms with Crippen LogP contribution in [-0.2, 0) is 20.9 Å². The van der Waals surface area contributed by atoms with Gasteiger partial charge in [0.05, 0.1) is 18.3 Å². The molecule has 0 bridgehead atoms. The first kappa shape index (κ1) is 23.0. The molecule has 1 aliphatic heterocycles. The van der Waals surface area contributed by atoms with Crippen molar-refractivity contribution in [2.45, 2.75) is 13.5 Å². The lowest BCUT2D eigenvalue weighted by Crippen LogP contribution is -2.53. The fourth-order valence-corrected chi connectivity index (χ4v) is 3.18. The molecule has 166 valence electrons. The number of carbonyl (C=O) groups is 3. The number of hydrogen-bond acceptors (Lipinski definition) is 6. The maximum atomic E-state index is 12.3. The van der Waals surface area contributed by atoms with Crippen LogP contribution in [0.5, 0.6) is 5.75 Å². The highest BCUT2D eigenvalue weighted by molar-refractivity contribution is 6.59. The Kier molecular flexibility index (Phi) is 7.21. The number of Topliss-reactive ketones (excluding diaryl/α,β-unsaturated/α-hetero) is 1. The van der Waals surface area contributed by atoms with E-state index in [1.165, 1.54) is 24.0 Å². The van der Waals surface area contributed by atoms with E-state index in [0.29, 0.717) is 17.3 Å². The zero-order valence-electron chi connectivity index (χ0n) is 17.2. The van der Waals surface area contributed by atoms with Crippen LogP contribution in [0.4, 0.5) is 5.69 Å². The van der Waals surface area contributed by atoms with Gasteiger partial charge in [0.2, 0.25) is 5.96 Å². The number of carboxylic acid groups (broad SMARTS) is 1. The van der Waals surface area contributed by atoms with Gasteiger partial charge in [-0.3, -0.25) is 14.4 Å². The van der Waals surface area contributed by atoms with Crippen LogP contribution in [0, 0.1) is 5.92 Å². The highest BCUT2D eigenvalue weighted by atomic mass is 35.5. The molecular weight excluding hydrogens is 436 g/mol. The van der Waals surface area contributed by atoms with Gasteiger partial charge >= 0.3 is 5.97 Å². The van der Waals surface area contributed by atoms with Crippen LogP contribution in [0.1, 0.15) is 12.5 Å². The quantitative estimate of drug-likeness (QED) is 0.462. The summed E-state index contributed by atoms with van der Waals surface area (Å²) in [6, 6.07) is 13.2. The predicted octanol–water partition coefficient (Wildman–Crippen LogP) is 2.70. The molecule has 0 fully saturated rings. The molecule has 0 saturated carbocycles. The molecule has 10 heteroatoms. The standard InChI is InChI=1S/C22H21ClN4O5/c1-14(21(31)32)10-26-13-27(11-15-2-4-16(23)5-3-15)22(25-20(26)19(30)12-28)24-17-6-8-18(29)9-7-17/h2-9,12,14,29H,10-11,13H2,1H3,(H,31,32). The lowest BCUT2D eigenvalue weighted by atomic mass is 10.1. The highest BCUT2D eigenvalue weighted by Gasteiger charge is 2.31. The normalized spacial score (nSPS) is 15.9. The molecule has 1 aliphatic rings. The Morgan fingerprint density at radius 1 is 1.16 bits per heavy atom. The molecule has 2 aromatic rings. The molecule has 9 nitrogen and oxygen atoms in total. The summed E-state index contributed by atoms with van der Waals surface area (Å²) in [6.07, 6.45) is 0.143. The van der Waals surface area contributed by atoms with Crippen molar-refractivity contribution in [2.24, 2.45) is 15.9 Å². The number of aldehydes is 1. The van der Waals surface area contributed by atoms with Crippen molar-refractivity contribution < 1.29 is 24.6 Å². The summed E-state index contributed by atoms with van der Waals surface area (Å²) in [5.74, 6) is -2.62. The van der Waals surface area contributed by atoms with Crippen LogP contribution in [0.3, 0.4) is 0 Å². The van der Waals surface area contributed by atoms with Crippen molar-refractivity contribution in [3.8, 4) is 5.75 Å². The third-order valence-corrected chi connectivity index (χ3v) is 4.99. The number of hydrogen-bond donors (Lipinski definition) is 2. The number of aliphatic carboxylic acids is 1. The number of phenols is 1. The number of halogens is 1. The van der Waals surface area contributed by atoms with E-state index in [0.717, 1.165) is 5.56 Å². The molecule has 32 heavy (non-hydrogen) atoms. The summed E-state index contributed by atoms with van der Waals surface area (Å²) >= 11 is 5.97. The fraction of sp³-hybridized carbons (Fsp3) is 0.227. The predicted molar refractivity (Wildman–Crippen MR) is 119 cm³/mol. The van der Waals surface area contributed by atoms with Crippen molar-refractivity contribution in [3.05, 3.63) is 59.1 Å². The summed E-state index contributed by atoms with van der Waals surface area (Å²) in [7, 11) is 0. The van der Waals surface area contributed by atoms with Crippen molar-refractivity contribution >= 4 is 47.1 Å². The zero-order chi connectivity index (χ0) is 23.3. The van der Waals surface area contributed by atoms with Gasteiger partial charge in [0.1, 0.15) is 5.75 Å². The van der Waals surface area contributed by atoms with Gasteiger partial charge in [-0.2, -0.15) is 4.99 Å². The van der Waals surface area contributed by atoms with Gasteiger partial charge in [-0.1, -0.05) is 30.7 Å². The second-order valence-corrected chi connectivity index (χ2v) is 7.71. The van der Waals surface area contributed by atoms with E-state index >= 15 is 0 Å². The van der Waals surface area contributed by atoms with Gasteiger partial charge < -0.3 is 20.0 Å². The highest BCUT2D eigenvalue weighted by Crippen LogP contribution is 2.21. The summed E-state index contributed by atoms with van der Waals surface area (Å²) in [5, 5.41) is 19.4. The Hall–Kier alpha value is -3.72. The molecule has 1 atom stereocenters. The van der Waals surface area contributed by atoms with Crippen LogP contribution >= 0.6 is 11.6 Å². The van der Waals surface area contributed by atoms with E-state index in [2.05, 4.69) is 9.98 Å². The number of nitrogens with zero attached hydrogens (tertiary/aromatic N) is 4. The molecule has 2 aromatic carbocycles. The monoisotopic (exact) mass is 456 g/mol. The number of carboxylic acids is 1. The minimum absolute atomic E-state index is 0.0165. The largest absolute Gasteiger partial charge is 0.508 e. The average Bonchev–Trinajstić information content (AvgIpc) is 2.77. The topological polar surface area (TPSA) is 123 Å². The molecule has 0 spiro atoms. The maximum Gasteiger partial charge on any atom is 0.308 e. The second kappa shape index (κ2) is 10.1. The number of carbonyl (C=O) groups excluding carboxylic acids is 2. The Labute approximate surface area is 189 Å². The first-order chi connectivity index (χ1) is 15.3. The average molecular weight is 457 g/mol. The lowest BCUT2D eigenvalue weighted by molar-refractivity contribution is -0.141. The number of ketones is 1. The van der Waals surface area contributed by atoms with E-state index in [1.807, 2.05) is 12.1 Å². The summed E-state index contributed by atoms with van der Waals surface area (Å²) in [6.45, 7) is 1.93. The molecule has 0 aliphatic carbocycles. The Bertz CT molecular complexity index is 1070. The van der Waals surface area contributed by atoms with Crippen molar-refractivity contribution in [2.75, 3.05) is 13.2 Å². The van der Waals surface area contributed by atoms with Crippen LogP contribution in [0.25, 0.3) is 0 Å². The second-order valence-electron chi connectivity index (χ2n) is 7.27. The van der Waals surface area contributed by atoms with Crippen molar-refractivity contribution in [3.63, 3.8) is 0 Å². The summed E-state index contributed by atoms with van der Waals surface area (Å²) in [5.41, 5.74) is 1.37. The first-order valence-corrected chi connectivity index (χ1v) is 10.1. The van der Waals surface area contributed by atoms with E-state index in [-0.39, 0.29) is 37.0 Å². The smallest absolute Gasteiger partial charge is 0.308 e. The van der Waals surface area contributed by atoms with Crippen LogP contribution in [-0.4, -0.2) is 63.1 Å². The van der Waals surface area contributed by atoms with E-state index in [1.54, 1.807) is 29.2 Å². The number of phenolic OH excluding ortho intramolecular Hbond substituents is 1. The Morgan fingerprint density at radius 2 is 1.81 bits per heavy atom. The Morgan fingerprint density at radius 3 is 2.41 bits per heavy atom. The SMILES string of the molecule is CC(CN1CN(Cc2ccc(Cl)cc2)C(=Nc2ccc(O)cc2)N=C1C(=O)C=O)C(=O)O. The van der Waals surface area contributed by atoms with Gasteiger partial charge in [0.15, 0.2) is 12.1 Å². The van der Waals surface area contributed by atoms with Gasteiger partial charge in [-0.25, -0.2) is 4.99 Å². The van der Waals surface area contributed by atoms with Gasteiger partial charge in [-0.05, 0) is 42.0 Å². The molecule has 0 amide bonds. The molecule has 0 saturated heterocycles.